The molecule has 3 aromatic rings. The first kappa shape index (κ1) is 18.7. The Morgan fingerprint density at radius 2 is 2.07 bits per heavy atom. The molecule has 2 N–H and O–H groups in total. The Morgan fingerprint density at radius 1 is 1.31 bits per heavy atom. The van der Waals surface area contributed by atoms with Crippen LogP contribution in [0, 0.1) is 5.82 Å². The molecule has 0 aliphatic carbocycles. The fraction of sp³-hybridized carbons (Fsp3) is 0.190. The lowest BCUT2D eigenvalue weighted by Gasteiger charge is -2.16. The summed E-state index contributed by atoms with van der Waals surface area (Å²) >= 11 is 0. The van der Waals surface area contributed by atoms with Gasteiger partial charge in [0.2, 0.25) is 0 Å². The lowest BCUT2D eigenvalue weighted by molar-refractivity contribution is 0.0764. The van der Waals surface area contributed by atoms with Gasteiger partial charge in [0.15, 0.2) is 5.75 Å². The van der Waals surface area contributed by atoms with E-state index in [2.05, 4.69) is 10.3 Å². The molecule has 1 aromatic heterocycles. The van der Waals surface area contributed by atoms with Gasteiger partial charge < -0.3 is 20.1 Å². The molecule has 4 rings (SSSR count). The van der Waals surface area contributed by atoms with Crippen LogP contribution in [-0.2, 0) is 13.1 Å². The summed E-state index contributed by atoms with van der Waals surface area (Å²) < 4.78 is 18.7. The average Bonchev–Trinajstić information content (AvgIpc) is 3.03. The van der Waals surface area contributed by atoms with Gasteiger partial charge >= 0.3 is 6.09 Å². The summed E-state index contributed by atoms with van der Waals surface area (Å²) in [6.07, 6.45) is 0.829. The Balaban J connectivity index is 1.78. The SMILES string of the molecule is CCNC(=O)Oc1c2c(c(O)c3ncccc13)C(=O)N(Cc1ccc(F)cc1)C2. The first-order valence-corrected chi connectivity index (χ1v) is 9.11. The number of amides is 2. The number of ether oxygens (including phenoxy) is 1. The number of carbonyl (C=O) groups excluding carboxylic acids is 2. The van der Waals surface area contributed by atoms with E-state index < -0.39 is 12.0 Å². The zero-order valence-electron chi connectivity index (χ0n) is 15.6. The van der Waals surface area contributed by atoms with Crippen LogP contribution in [0.4, 0.5) is 9.18 Å². The van der Waals surface area contributed by atoms with E-state index in [9.17, 15) is 19.1 Å². The Labute approximate surface area is 165 Å². The van der Waals surface area contributed by atoms with Crippen LogP contribution in [0.15, 0.2) is 42.6 Å². The van der Waals surface area contributed by atoms with Gasteiger partial charge in [-0.2, -0.15) is 0 Å². The van der Waals surface area contributed by atoms with Crippen LogP contribution in [0.25, 0.3) is 10.9 Å². The number of hydrogen-bond acceptors (Lipinski definition) is 5. The number of hydrogen-bond donors (Lipinski definition) is 2. The molecule has 0 spiro atoms. The van der Waals surface area contributed by atoms with E-state index in [1.807, 2.05) is 0 Å². The summed E-state index contributed by atoms with van der Waals surface area (Å²) in [7, 11) is 0. The smallest absolute Gasteiger partial charge is 0.412 e. The first-order valence-electron chi connectivity index (χ1n) is 9.11. The van der Waals surface area contributed by atoms with Gasteiger partial charge in [0.05, 0.1) is 12.1 Å². The van der Waals surface area contributed by atoms with Crippen LogP contribution in [0.5, 0.6) is 11.5 Å². The molecule has 0 fully saturated rings. The van der Waals surface area contributed by atoms with Crippen molar-refractivity contribution in [1.82, 2.24) is 15.2 Å². The van der Waals surface area contributed by atoms with E-state index in [0.717, 1.165) is 5.56 Å². The summed E-state index contributed by atoms with van der Waals surface area (Å²) in [5.41, 5.74) is 1.41. The Morgan fingerprint density at radius 3 is 2.79 bits per heavy atom. The molecule has 8 heteroatoms. The Bertz CT molecular complexity index is 1120. The molecule has 29 heavy (non-hydrogen) atoms. The summed E-state index contributed by atoms with van der Waals surface area (Å²) in [6.45, 7) is 2.50. The second-order valence-corrected chi connectivity index (χ2v) is 6.64. The number of phenols is 1. The van der Waals surface area contributed by atoms with E-state index in [0.29, 0.717) is 17.5 Å². The zero-order chi connectivity index (χ0) is 20.5. The fourth-order valence-corrected chi connectivity index (χ4v) is 3.44. The minimum atomic E-state index is -0.657. The number of benzene rings is 2. The third-order valence-electron chi connectivity index (χ3n) is 4.74. The second-order valence-electron chi connectivity index (χ2n) is 6.64. The molecule has 7 nitrogen and oxygen atoms in total. The maximum absolute atomic E-state index is 13.2. The van der Waals surface area contributed by atoms with E-state index in [4.69, 9.17) is 4.74 Å². The summed E-state index contributed by atoms with van der Waals surface area (Å²) in [5.74, 6) is -0.820. The minimum absolute atomic E-state index is 0.0672. The molecule has 0 saturated heterocycles. The van der Waals surface area contributed by atoms with Crippen molar-refractivity contribution in [2.75, 3.05) is 6.54 Å². The third kappa shape index (κ3) is 3.33. The maximum Gasteiger partial charge on any atom is 0.412 e. The van der Waals surface area contributed by atoms with Crippen molar-refractivity contribution in [3.63, 3.8) is 0 Å². The molecule has 0 bridgehead atoms. The molecule has 2 amide bonds. The van der Waals surface area contributed by atoms with Crippen LogP contribution in [0.2, 0.25) is 0 Å². The lowest BCUT2D eigenvalue weighted by atomic mass is 10.0. The fourth-order valence-electron chi connectivity index (χ4n) is 3.44. The third-order valence-corrected chi connectivity index (χ3v) is 4.74. The number of halogens is 1. The van der Waals surface area contributed by atoms with Crippen molar-refractivity contribution in [3.8, 4) is 11.5 Å². The van der Waals surface area contributed by atoms with Crippen LogP contribution in [0.1, 0.15) is 28.4 Å². The molecule has 1 aliphatic rings. The van der Waals surface area contributed by atoms with Gasteiger partial charge in [-0.1, -0.05) is 12.1 Å². The van der Waals surface area contributed by atoms with Crippen LogP contribution in [-0.4, -0.2) is 33.5 Å². The van der Waals surface area contributed by atoms with Crippen molar-refractivity contribution in [2.45, 2.75) is 20.0 Å². The molecule has 0 saturated carbocycles. The normalized spacial score (nSPS) is 12.9. The quantitative estimate of drug-likeness (QED) is 0.707. The number of rotatable bonds is 4. The molecule has 0 radical (unpaired) electrons. The molecule has 1 aliphatic heterocycles. The van der Waals surface area contributed by atoms with Crippen molar-refractivity contribution < 1.29 is 23.8 Å². The van der Waals surface area contributed by atoms with Gasteiger partial charge in [-0.3, -0.25) is 9.78 Å². The summed E-state index contributed by atoms with van der Waals surface area (Å²) in [5, 5.41) is 13.7. The maximum atomic E-state index is 13.2. The minimum Gasteiger partial charge on any atom is -0.505 e. The topological polar surface area (TPSA) is 91.8 Å². The number of pyridine rings is 1. The number of nitrogens with one attached hydrogen (secondary N) is 1. The highest BCUT2D eigenvalue weighted by Crippen LogP contribution is 2.44. The number of aromatic hydroxyl groups is 1. The number of nitrogens with zero attached hydrogens (tertiary/aromatic N) is 2. The Hall–Kier alpha value is -3.68. The van der Waals surface area contributed by atoms with E-state index in [1.54, 1.807) is 31.2 Å². The van der Waals surface area contributed by atoms with Gasteiger partial charge in [-0.15, -0.1) is 0 Å². The van der Waals surface area contributed by atoms with E-state index in [1.165, 1.54) is 23.2 Å². The number of carbonyl (C=O) groups is 2. The standard InChI is InChI=1S/C21H18FN3O4/c1-2-23-21(28)29-19-14-4-3-9-24-17(14)18(26)16-15(19)11-25(20(16)27)10-12-5-7-13(22)8-6-12/h3-9,26H,2,10-11H2,1H3,(H,23,28). The van der Waals surface area contributed by atoms with Crippen molar-refractivity contribution in [1.29, 1.82) is 0 Å². The largest absolute Gasteiger partial charge is 0.505 e. The van der Waals surface area contributed by atoms with Gasteiger partial charge in [0, 0.05) is 30.2 Å². The van der Waals surface area contributed by atoms with Crippen molar-refractivity contribution >= 4 is 22.9 Å². The number of fused-ring (bicyclic) bond motifs is 2. The van der Waals surface area contributed by atoms with E-state index >= 15 is 0 Å². The van der Waals surface area contributed by atoms with Crippen LogP contribution >= 0.6 is 0 Å². The monoisotopic (exact) mass is 395 g/mol. The molecule has 2 aromatic carbocycles. The highest BCUT2D eigenvalue weighted by atomic mass is 19.1. The van der Waals surface area contributed by atoms with Crippen LogP contribution in [0.3, 0.4) is 0 Å². The second kappa shape index (κ2) is 7.38. The molecule has 0 atom stereocenters. The van der Waals surface area contributed by atoms with Gasteiger partial charge in [-0.25, -0.2) is 9.18 Å². The van der Waals surface area contributed by atoms with Crippen molar-refractivity contribution in [3.05, 3.63) is 65.1 Å². The first-order chi connectivity index (χ1) is 14.0. The van der Waals surface area contributed by atoms with Crippen molar-refractivity contribution in [2.24, 2.45) is 0 Å². The predicted octanol–water partition coefficient (Wildman–Crippen LogP) is 3.34. The van der Waals surface area contributed by atoms with E-state index in [-0.39, 0.29) is 41.5 Å². The Kier molecular flexibility index (Phi) is 4.75. The summed E-state index contributed by atoms with van der Waals surface area (Å²) in [6, 6.07) is 9.16. The number of phenolic OH excluding ortho intramolecular Hbond substituents is 1. The molecular formula is C21H18FN3O4. The van der Waals surface area contributed by atoms with Gasteiger partial charge in [0.25, 0.3) is 5.91 Å². The lowest BCUT2D eigenvalue weighted by Crippen LogP contribution is -2.26. The highest BCUT2D eigenvalue weighted by Gasteiger charge is 2.36. The molecule has 0 unspecified atom stereocenters. The molecule has 148 valence electrons. The predicted molar refractivity (Wildman–Crippen MR) is 103 cm³/mol. The number of aromatic nitrogens is 1. The van der Waals surface area contributed by atoms with Crippen LogP contribution < -0.4 is 10.1 Å². The van der Waals surface area contributed by atoms with Gasteiger partial charge in [0.1, 0.15) is 17.1 Å². The average molecular weight is 395 g/mol. The molecular weight excluding hydrogens is 377 g/mol. The highest BCUT2D eigenvalue weighted by molar-refractivity contribution is 6.09. The summed E-state index contributed by atoms with van der Waals surface area (Å²) in [4.78, 5) is 30.7. The zero-order valence-corrected chi connectivity index (χ0v) is 15.6. The molecule has 2 heterocycles. The van der Waals surface area contributed by atoms with Gasteiger partial charge in [-0.05, 0) is 36.8 Å².